The van der Waals surface area contributed by atoms with Crippen molar-refractivity contribution in [3.05, 3.63) is 29.0 Å². The maximum atomic E-state index is 13.1. The predicted octanol–water partition coefficient (Wildman–Crippen LogP) is 1.87. The minimum Gasteiger partial charge on any atom is -0.480 e. The maximum Gasteiger partial charge on any atom is 0.322 e. The molecule has 0 aromatic heterocycles. The average Bonchev–Trinajstić information content (AvgIpc) is 2.23. The van der Waals surface area contributed by atoms with Gasteiger partial charge in [0.2, 0.25) is 10.0 Å². The Kier molecular flexibility index (Phi) is 4.89. The van der Waals surface area contributed by atoms with Crippen molar-refractivity contribution in [2.24, 2.45) is 5.92 Å². The molecule has 0 aliphatic heterocycles. The van der Waals surface area contributed by atoms with Crippen molar-refractivity contribution in [3.63, 3.8) is 0 Å². The first-order valence-electron chi connectivity index (χ1n) is 5.34. The van der Waals surface area contributed by atoms with Crippen molar-refractivity contribution in [1.82, 2.24) is 4.72 Å². The van der Waals surface area contributed by atoms with E-state index in [-0.39, 0.29) is 5.02 Å². The second-order valence-electron chi connectivity index (χ2n) is 4.29. The Labute approximate surface area is 115 Å². The second kappa shape index (κ2) is 5.85. The fourth-order valence-electron chi connectivity index (χ4n) is 1.39. The third kappa shape index (κ3) is 4.15. The first kappa shape index (κ1) is 15.9. The highest BCUT2D eigenvalue weighted by Crippen LogP contribution is 2.19. The number of nitrogens with one attached hydrogen (secondary N) is 1. The van der Waals surface area contributed by atoms with Crippen LogP contribution in [-0.2, 0) is 14.8 Å². The van der Waals surface area contributed by atoms with E-state index in [1.165, 1.54) is 0 Å². The third-order valence-electron chi connectivity index (χ3n) is 2.36. The van der Waals surface area contributed by atoms with Crippen LogP contribution >= 0.6 is 11.6 Å². The highest BCUT2D eigenvalue weighted by atomic mass is 35.5. The summed E-state index contributed by atoms with van der Waals surface area (Å²) in [5.41, 5.74) is 0. The highest BCUT2D eigenvalue weighted by Gasteiger charge is 2.28. The van der Waals surface area contributed by atoms with Crippen molar-refractivity contribution < 1.29 is 22.7 Å². The van der Waals surface area contributed by atoms with Gasteiger partial charge in [-0.05, 0) is 24.1 Å². The summed E-state index contributed by atoms with van der Waals surface area (Å²) in [7, 11) is -4.15. The molecule has 1 aromatic rings. The van der Waals surface area contributed by atoms with Gasteiger partial charge in [0, 0.05) is 5.02 Å². The molecule has 0 bridgehead atoms. The van der Waals surface area contributed by atoms with Crippen molar-refractivity contribution >= 4 is 27.6 Å². The molecule has 1 aromatic carbocycles. The standard InChI is InChI=1S/C11H13ClFNO4S/c1-6(2)10(11(15)16)14-19(17,18)9-4-7(12)3-8(13)5-9/h3-6,10,14H,1-2H3,(H,15,16)/t10-/m0/s1. The highest BCUT2D eigenvalue weighted by molar-refractivity contribution is 7.89. The molecule has 0 unspecified atom stereocenters. The van der Waals surface area contributed by atoms with E-state index in [1.807, 2.05) is 4.72 Å². The van der Waals surface area contributed by atoms with Gasteiger partial charge < -0.3 is 5.11 Å². The van der Waals surface area contributed by atoms with Crippen LogP contribution in [0.3, 0.4) is 0 Å². The Bertz CT molecular complexity index is 568. The average molecular weight is 310 g/mol. The number of hydrogen-bond donors (Lipinski definition) is 2. The van der Waals surface area contributed by atoms with E-state index in [4.69, 9.17) is 16.7 Å². The van der Waals surface area contributed by atoms with Gasteiger partial charge in [-0.1, -0.05) is 25.4 Å². The van der Waals surface area contributed by atoms with Gasteiger partial charge in [-0.3, -0.25) is 4.79 Å². The van der Waals surface area contributed by atoms with Crippen LogP contribution < -0.4 is 4.72 Å². The SMILES string of the molecule is CC(C)[C@H](NS(=O)(=O)c1cc(F)cc(Cl)c1)C(=O)O. The molecular weight excluding hydrogens is 297 g/mol. The minimum atomic E-state index is -4.15. The predicted molar refractivity (Wildman–Crippen MR) is 68.0 cm³/mol. The van der Waals surface area contributed by atoms with Crippen LogP contribution in [0.2, 0.25) is 5.02 Å². The molecule has 0 saturated carbocycles. The number of halogens is 2. The number of sulfonamides is 1. The molecule has 5 nitrogen and oxygen atoms in total. The number of carboxylic acid groups (broad SMARTS) is 1. The van der Waals surface area contributed by atoms with Crippen molar-refractivity contribution in [1.29, 1.82) is 0 Å². The van der Waals surface area contributed by atoms with E-state index >= 15 is 0 Å². The van der Waals surface area contributed by atoms with Gasteiger partial charge in [0.15, 0.2) is 0 Å². The number of carboxylic acids is 1. The topological polar surface area (TPSA) is 83.5 Å². The fraction of sp³-hybridized carbons (Fsp3) is 0.364. The summed E-state index contributed by atoms with van der Waals surface area (Å²) in [6.07, 6.45) is 0. The summed E-state index contributed by atoms with van der Waals surface area (Å²) in [4.78, 5) is 10.5. The number of carbonyl (C=O) groups is 1. The van der Waals surface area contributed by atoms with Gasteiger partial charge >= 0.3 is 5.97 Å². The van der Waals surface area contributed by atoms with Crippen LogP contribution in [0.4, 0.5) is 4.39 Å². The Morgan fingerprint density at radius 3 is 2.37 bits per heavy atom. The van der Waals surface area contributed by atoms with Crippen LogP contribution in [0.1, 0.15) is 13.8 Å². The molecule has 2 N–H and O–H groups in total. The van der Waals surface area contributed by atoms with Crippen LogP contribution in [0.25, 0.3) is 0 Å². The third-order valence-corrected chi connectivity index (χ3v) is 4.00. The van der Waals surface area contributed by atoms with Gasteiger partial charge in [0.05, 0.1) is 4.90 Å². The Balaban J connectivity index is 3.13. The van der Waals surface area contributed by atoms with E-state index in [2.05, 4.69) is 0 Å². The Morgan fingerprint density at radius 2 is 1.95 bits per heavy atom. The first-order valence-corrected chi connectivity index (χ1v) is 7.21. The molecule has 0 radical (unpaired) electrons. The largest absolute Gasteiger partial charge is 0.480 e. The number of rotatable bonds is 5. The maximum absolute atomic E-state index is 13.1. The Morgan fingerprint density at radius 1 is 1.37 bits per heavy atom. The zero-order chi connectivity index (χ0) is 14.8. The molecule has 0 aliphatic carbocycles. The van der Waals surface area contributed by atoms with Gasteiger partial charge in [0.1, 0.15) is 11.9 Å². The molecule has 0 saturated heterocycles. The normalized spacial score (nSPS) is 13.5. The van der Waals surface area contributed by atoms with Crippen LogP contribution in [0, 0.1) is 11.7 Å². The number of aliphatic carboxylic acids is 1. The molecule has 1 atom stereocenters. The van der Waals surface area contributed by atoms with Gasteiger partial charge in [-0.2, -0.15) is 4.72 Å². The summed E-state index contributed by atoms with van der Waals surface area (Å²) in [6, 6.07) is 1.48. The monoisotopic (exact) mass is 309 g/mol. The van der Waals surface area contributed by atoms with E-state index in [0.717, 1.165) is 18.2 Å². The van der Waals surface area contributed by atoms with Crippen molar-refractivity contribution in [2.75, 3.05) is 0 Å². The summed E-state index contributed by atoms with van der Waals surface area (Å²) < 4.78 is 39.0. The lowest BCUT2D eigenvalue weighted by molar-refractivity contribution is -0.140. The number of benzene rings is 1. The molecule has 0 fully saturated rings. The van der Waals surface area contributed by atoms with Gasteiger partial charge in [-0.15, -0.1) is 0 Å². The summed E-state index contributed by atoms with van der Waals surface area (Å²) in [5.74, 6) is -2.58. The second-order valence-corrected chi connectivity index (χ2v) is 6.44. The summed E-state index contributed by atoms with van der Waals surface area (Å²) >= 11 is 5.57. The van der Waals surface area contributed by atoms with Gasteiger partial charge in [-0.25, -0.2) is 12.8 Å². The quantitative estimate of drug-likeness (QED) is 0.869. The van der Waals surface area contributed by atoms with Crippen LogP contribution in [0.15, 0.2) is 23.1 Å². The molecule has 19 heavy (non-hydrogen) atoms. The first-order chi connectivity index (χ1) is 8.63. The van der Waals surface area contributed by atoms with E-state index in [9.17, 15) is 17.6 Å². The van der Waals surface area contributed by atoms with E-state index in [1.54, 1.807) is 13.8 Å². The lowest BCUT2D eigenvalue weighted by atomic mass is 10.1. The van der Waals surface area contributed by atoms with E-state index in [0.29, 0.717) is 0 Å². The summed E-state index contributed by atoms with van der Waals surface area (Å²) in [6.45, 7) is 3.11. The number of hydrogen-bond acceptors (Lipinski definition) is 3. The molecule has 106 valence electrons. The molecule has 1 rings (SSSR count). The molecule has 8 heteroatoms. The van der Waals surface area contributed by atoms with Crippen LogP contribution in [-0.4, -0.2) is 25.5 Å². The fourth-order valence-corrected chi connectivity index (χ4v) is 3.07. The molecular formula is C11H13ClFNO4S. The summed E-state index contributed by atoms with van der Waals surface area (Å²) in [5, 5.41) is 8.85. The zero-order valence-corrected chi connectivity index (χ0v) is 11.8. The van der Waals surface area contributed by atoms with E-state index < -0.39 is 38.7 Å². The Hall–Kier alpha value is -1.18. The van der Waals surface area contributed by atoms with Crippen LogP contribution in [0.5, 0.6) is 0 Å². The molecule has 0 spiro atoms. The minimum absolute atomic E-state index is 0.0863. The van der Waals surface area contributed by atoms with Crippen molar-refractivity contribution in [3.8, 4) is 0 Å². The molecule has 0 aliphatic rings. The zero-order valence-electron chi connectivity index (χ0n) is 10.2. The van der Waals surface area contributed by atoms with Gasteiger partial charge in [0.25, 0.3) is 0 Å². The smallest absolute Gasteiger partial charge is 0.322 e. The molecule has 0 heterocycles. The molecule has 0 amide bonds. The lowest BCUT2D eigenvalue weighted by Crippen LogP contribution is -2.44. The van der Waals surface area contributed by atoms with Crippen molar-refractivity contribution in [2.45, 2.75) is 24.8 Å². The lowest BCUT2D eigenvalue weighted by Gasteiger charge is -2.18.